The normalized spacial score (nSPS) is 19.4. The number of carbonyl (C=O) groups is 1. The lowest BCUT2D eigenvalue weighted by Crippen LogP contribution is -2.40. The van der Waals surface area contributed by atoms with Gasteiger partial charge in [0.15, 0.2) is 0 Å². The van der Waals surface area contributed by atoms with Crippen LogP contribution in [0.2, 0.25) is 0 Å². The first-order valence-electron chi connectivity index (χ1n) is 9.26. The molecule has 0 saturated heterocycles. The Balaban J connectivity index is 1.52. The van der Waals surface area contributed by atoms with Crippen LogP contribution in [0.5, 0.6) is 0 Å². The fourth-order valence-electron chi connectivity index (χ4n) is 3.42. The molecule has 1 aliphatic carbocycles. The van der Waals surface area contributed by atoms with Crippen molar-refractivity contribution in [2.45, 2.75) is 44.7 Å². The summed E-state index contributed by atoms with van der Waals surface area (Å²) in [5.41, 5.74) is 1.75. The molecule has 6 nitrogen and oxygen atoms in total. The lowest BCUT2D eigenvalue weighted by molar-refractivity contribution is 0.0926. The number of nitrogens with zero attached hydrogens (tertiary/aromatic N) is 3. The van der Waals surface area contributed by atoms with E-state index in [1.807, 2.05) is 56.4 Å². The van der Waals surface area contributed by atoms with E-state index in [9.17, 15) is 4.79 Å². The molecule has 1 amide bonds. The van der Waals surface area contributed by atoms with Gasteiger partial charge in [0.2, 0.25) is 5.95 Å². The molecule has 7 heteroatoms. The second kappa shape index (κ2) is 8.69. The van der Waals surface area contributed by atoms with Gasteiger partial charge in [-0.05, 0) is 50.8 Å². The fraction of sp³-hybridized carbons (Fsp3) is 0.450. The van der Waals surface area contributed by atoms with Crippen molar-refractivity contribution in [3.05, 3.63) is 46.1 Å². The average Bonchev–Trinajstić information content (AvgIpc) is 2.64. The Hall–Kier alpha value is -2.15. The number of halogens is 1. The average molecular weight is 432 g/mol. The number of hydrogen-bond acceptors (Lipinski definition) is 5. The molecule has 2 aromatic rings. The minimum absolute atomic E-state index is 0.00907. The SMILES string of the molecule is Cc1cnc(N[C@H]2CC[C@@H](NC(=O)c3cccc(Br)c3)CC2)nc1N(C)C. The Labute approximate surface area is 168 Å². The lowest BCUT2D eigenvalue weighted by atomic mass is 9.91. The van der Waals surface area contributed by atoms with E-state index in [0.29, 0.717) is 17.6 Å². The lowest BCUT2D eigenvalue weighted by Gasteiger charge is -2.30. The first kappa shape index (κ1) is 19.6. The van der Waals surface area contributed by atoms with Gasteiger partial charge in [0.1, 0.15) is 5.82 Å². The summed E-state index contributed by atoms with van der Waals surface area (Å²) in [5, 5.41) is 6.60. The van der Waals surface area contributed by atoms with Gasteiger partial charge in [-0.15, -0.1) is 0 Å². The highest BCUT2D eigenvalue weighted by molar-refractivity contribution is 9.10. The molecule has 0 bridgehead atoms. The first-order valence-corrected chi connectivity index (χ1v) is 10.1. The maximum Gasteiger partial charge on any atom is 0.251 e. The van der Waals surface area contributed by atoms with E-state index < -0.39 is 0 Å². The van der Waals surface area contributed by atoms with Crippen molar-refractivity contribution in [2.75, 3.05) is 24.3 Å². The van der Waals surface area contributed by atoms with Crippen LogP contribution in [0.25, 0.3) is 0 Å². The Morgan fingerprint density at radius 1 is 1.19 bits per heavy atom. The van der Waals surface area contributed by atoms with E-state index in [4.69, 9.17) is 0 Å². The zero-order chi connectivity index (χ0) is 19.4. The fourth-order valence-corrected chi connectivity index (χ4v) is 3.82. The highest BCUT2D eigenvalue weighted by Gasteiger charge is 2.23. The highest BCUT2D eigenvalue weighted by atomic mass is 79.9. The number of anilines is 2. The molecule has 1 aliphatic rings. The van der Waals surface area contributed by atoms with Gasteiger partial charge >= 0.3 is 0 Å². The maximum absolute atomic E-state index is 12.4. The smallest absolute Gasteiger partial charge is 0.251 e. The summed E-state index contributed by atoms with van der Waals surface area (Å²) in [7, 11) is 3.97. The van der Waals surface area contributed by atoms with Gasteiger partial charge in [0.25, 0.3) is 5.91 Å². The molecular weight excluding hydrogens is 406 g/mol. The number of amides is 1. The zero-order valence-electron chi connectivity index (χ0n) is 16.0. The van der Waals surface area contributed by atoms with Crippen molar-refractivity contribution in [1.29, 1.82) is 0 Å². The van der Waals surface area contributed by atoms with Crippen molar-refractivity contribution >= 4 is 33.6 Å². The summed E-state index contributed by atoms with van der Waals surface area (Å²) in [6.07, 6.45) is 5.72. The van der Waals surface area contributed by atoms with Crippen molar-refractivity contribution < 1.29 is 4.79 Å². The number of hydrogen-bond donors (Lipinski definition) is 2. The molecule has 1 saturated carbocycles. The summed E-state index contributed by atoms with van der Waals surface area (Å²) < 4.78 is 0.915. The molecule has 1 aromatic carbocycles. The van der Waals surface area contributed by atoms with Gasteiger partial charge in [-0.2, -0.15) is 4.98 Å². The predicted molar refractivity (Wildman–Crippen MR) is 112 cm³/mol. The monoisotopic (exact) mass is 431 g/mol. The van der Waals surface area contributed by atoms with E-state index in [-0.39, 0.29) is 11.9 Å². The number of nitrogens with one attached hydrogen (secondary N) is 2. The molecule has 0 aliphatic heterocycles. The van der Waals surface area contributed by atoms with E-state index >= 15 is 0 Å². The maximum atomic E-state index is 12.4. The molecule has 0 unspecified atom stereocenters. The van der Waals surface area contributed by atoms with Crippen LogP contribution in [0.15, 0.2) is 34.9 Å². The number of benzene rings is 1. The summed E-state index contributed by atoms with van der Waals surface area (Å²) in [4.78, 5) is 23.4. The van der Waals surface area contributed by atoms with Crippen LogP contribution in [0.3, 0.4) is 0 Å². The first-order chi connectivity index (χ1) is 12.9. The largest absolute Gasteiger partial charge is 0.362 e. The molecule has 27 heavy (non-hydrogen) atoms. The van der Waals surface area contributed by atoms with Gasteiger partial charge in [-0.1, -0.05) is 22.0 Å². The topological polar surface area (TPSA) is 70.1 Å². The van der Waals surface area contributed by atoms with Crippen LogP contribution >= 0.6 is 15.9 Å². The third-order valence-electron chi connectivity index (χ3n) is 4.85. The Morgan fingerprint density at radius 3 is 2.56 bits per heavy atom. The number of aromatic nitrogens is 2. The second-order valence-corrected chi connectivity index (χ2v) is 8.19. The van der Waals surface area contributed by atoms with Gasteiger partial charge < -0.3 is 15.5 Å². The number of aryl methyl sites for hydroxylation is 1. The molecule has 1 aromatic heterocycles. The molecule has 2 N–H and O–H groups in total. The standard InChI is InChI=1S/C20H26BrN5O/c1-13-12-22-20(25-18(13)26(2)3)24-17-9-7-16(8-10-17)23-19(27)14-5-4-6-15(21)11-14/h4-6,11-12,16-17H,7-10H2,1-3H3,(H,23,27)(H,22,24,25)/t16-,17+. The molecule has 0 atom stereocenters. The van der Waals surface area contributed by atoms with Gasteiger partial charge in [0.05, 0.1) is 0 Å². The van der Waals surface area contributed by atoms with E-state index in [2.05, 4.69) is 36.5 Å². The van der Waals surface area contributed by atoms with Gasteiger partial charge in [-0.25, -0.2) is 4.98 Å². The number of rotatable bonds is 5. The summed E-state index contributed by atoms with van der Waals surface area (Å²) in [5.74, 6) is 1.60. The third kappa shape index (κ3) is 5.19. The number of carbonyl (C=O) groups excluding carboxylic acids is 1. The van der Waals surface area contributed by atoms with Crippen LogP contribution in [-0.4, -0.2) is 42.1 Å². The zero-order valence-corrected chi connectivity index (χ0v) is 17.6. The Bertz CT molecular complexity index is 803. The van der Waals surface area contributed by atoms with Crippen LogP contribution in [0.1, 0.15) is 41.6 Å². The van der Waals surface area contributed by atoms with Crippen LogP contribution in [0.4, 0.5) is 11.8 Å². The van der Waals surface area contributed by atoms with Gasteiger partial charge in [0, 0.05) is 48.0 Å². The minimum Gasteiger partial charge on any atom is -0.362 e. The van der Waals surface area contributed by atoms with Crippen molar-refractivity contribution in [2.24, 2.45) is 0 Å². The molecular formula is C20H26BrN5O. The third-order valence-corrected chi connectivity index (χ3v) is 5.34. The molecule has 1 fully saturated rings. The second-order valence-electron chi connectivity index (χ2n) is 7.27. The van der Waals surface area contributed by atoms with Crippen molar-refractivity contribution in [1.82, 2.24) is 15.3 Å². The Kier molecular flexibility index (Phi) is 6.31. The van der Waals surface area contributed by atoms with Crippen LogP contribution in [-0.2, 0) is 0 Å². The van der Waals surface area contributed by atoms with Crippen molar-refractivity contribution in [3.8, 4) is 0 Å². The van der Waals surface area contributed by atoms with Crippen LogP contribution < -0.4 is 15.5 Å². The highest BCUT2D eigenvalue weighted by Crippen LogP contribution is 2.23. The molecule has 3 rings (SSSR count). The van der Waals surface area contributed by atoms with Gasteiger partial charge in [-0.3, -0.25) is 4.79 Å². The summed E-state index contributed by atoms with van der Waals surface area (Å²) in [6.45, 7) is 2.01. The minimum atomic E-state index is -0.00907. The Morgan fingerprint density at radius 2 is 1.89 bits per heavy atom. The summed E-state index contributed by atoms with van der Waals surface area (Å²) >= 11 is 3.41. The van der Waals surface area contributed by atoms with E-state index in [1.54, 1.807) is 0 Å². The van der Waals surface area contributed by atoms with Crippen LogP contribution in [0, 0.1) is 6.92 Å². The molecule has 1 heterocycles. The molecule has 0 radical (unpaired) electrons. The molecule has 144 valence electrons. The molecule has 0 spiro atoms. The summed E-state index contributed by atoms with van der Waals surface area (Å²) in [6, 6.07) is 8.03. The predicted octanol–water partition coefficient (Wildman–Crippen LogP) is 3.77. The van der Waals surface area contributed by atoms with E-state index in [1.165, 1.54) is 0 Å². The van der Waals surface area contributed by atoms with Crippen molar-refractivity contribution in [3.63, 3.8) is 0 Å². The quantitative estimate of drug-likeness (QED) is 0.753. The van der Waals surface area contributed by atoms with E-state index in [0.717, 1.165) is 41.5 Å².